The fourth-order valence-corrected chi connectivity index (χ4v) is 5.29. The zero-order valence-electron chi connectivity index (χ0n) is 19.4. The maximum atomic E-state index is 13.1. The minimum absolute atomic E-state index is 0.00762. The van der Waals surface area contributed by atoms with Crippen LogP contribution >= 0.6 is 11.3 Å². The number of anilines is 2. The van der Waals surface area contributed by atoms with Crippen molar-refractivity contribution in [3.8, 4) is 16.3 Å². The zero-order valence-corrected chi connectivity index (χ0v) is 20.2. The smallest absolute Gasteiger partial charge is 0.274 e. The van der Waals surface area contributed by atoms with Crippen molar-refractivity contribution in [1.29, 1.82) is 0 Å². The van der Waals surface area contributed by atoms with Gasteiger partial charge in [-0.2, -0.15) is 0 Å². The van der Waals surface area contributed by atoms with Gasteiger partial charge in [-0.3, -0.25) is 9.78 Å². The lowest BCUT2D eigenvalue weighted by atomic mass is 9.92. The first-order valence-electron chi connectivity index (χ1n) is 11.3. The van der Waals surface area contributed by atoms with E-state index in [9.17, 15) is 9.90 Å². The van der Waals surface area contributed by atoms with Crippen LogP contribution in [0.15, 0.2) is 55.0 Å². The fourth-order valence-electron chi connectivity index (χ4n) is 4.30. The monoisotopic (exact) mass is 490 g/mol. The molecule has 180 valence electrons. The lowest BCUT2D eigenvalue weighted by molar-refractivity contribution is 0.0785. The number of aromatic nitrogens is 3. The number of carbonyl (C=O) groups is 1. The van der Waals surface area contributed by atoms with Crippen LogP contribution < -0.4 is 20.7 Å². The maximum Gasteiger partial charge on any atom is 0.274 e. The quantitative estimate of drug-likeness (QED) is 0.389. The standard InChI is InChI=1S/C25H26N6O3S/c1-14-12-31(13-16(26)24(14)32)20-7-8-27-11-19(20)30-25(33)17-4-5-21-18(29-17)9-22(35-21)15-3-6-23(34-2)28-10-15/h3-11,14,16,24,32H,12-13,26H2,1-2H3,(H,30,33). The normalized spacial score (nSPS) is 20.1. The van der Waals surface area contributed by atoms with Crippen LogP contribution in [-0.4, -0.2) is 58.3 Å². The number of thiophene rings is 1. The van der Waals surface area contributed by atoms with Crippen molar-refractivity contribution in [2.75, 3.05) is 30.4 Å². The van der Waals surface area contributed by atoms with Crippen molar-refractivity contribution in [1.82, 2.24) is 15.0 Å². The molecule has 35 heavy (non-hydrogen) atoms. The van der Waals surface area contributed by atoms with Gasteiger partial charge in [0.05, 0.1) is 41.0 Å². The van der Waals surface area contributed by atoms with Crippen molar-refractivity contribution in [2.45, 2.75) is 19.1 Å². The highest BCUT2D eigenvalue weighted by molar-refractivity contribution is 7.22. The largest absolute Gasteiger partial charge is 0.481 e. The van der Waals surface area contributed by atoms with Gasteiger partial charge in [-0.15, -0.1) is 11.3 Å². The number of fused-ring (bicyclic) bond motifs is 1. The first-order chi connectivity index (χ1) is 16.9. The Morgan fingerprint density at radius 2 is 2.09 bits per heavy atom. The van der Waals surface area contributed by atoms with Crippen LogP contribution in [0.25, 0.3) is 20.7 Å². The van der Waals surface area contributed by atoms with Crippen LogP contribution in [0.3, 0.4) is 0 Å². The molecule has 4 aromatic heterocycles. The highest BCUT2D eigenvalue weighted by Gasteiger charge is 2.32. The molecule has 1 aliphatic rings. The molecule has 0 bridgehead atoms. The van der Waals surface area contributed by atoms with Crippen LogP contribution in [0, 0.1) is 5.92 Å². The van der Waals surface area contributed by atoms with E-state index < -0.39 is 6.10 Å². The van der Waals surface area contributed by atoms with E-state index in [1.54, 1.807) is 43.1 Å². The number of aliphatic hydroxyl groups is 1. The number of carbonyl (C=O) groups excluding carboxylic acids is 1. The Morgan fingerprint density at radius 1 is 1.23 bits per heavy atom. The Hall–Kier alpha value is -3.60. The van der Waals surface area contributed by atoms with Crippen LogP contribution in [-0.2, 0) is 0 Å². The third-order valence-corrected chi connectivity index (χ3v) is 7.32. The molecular weight excluding hydrogens is 464 g/mol. The van der Waals surface area contributed by atoms with Crippen molar-refractivity contribution < 1.29 is 14.6 Å². The van der Waals surface area contributed by atoms with Gasteiger partial charge >= 0.3 is 0 Å². The summed E-state index contributed by atoms with van der Waals surface area (Å²) in [6.45, 7) is 3.08. The van der Waals surface area contributed by atoms with Gasteiger partial charge in [0.1, 0.15) is 5.69 Å². The summed E-state index contributed by atoms with van der Waals surface area (Å²) < 4.78 is 6.10. The number of nitrogens with one attached hydrogen (secondary N) is 1. The molecule has 0 saturated carbocycles. The molecule has 9 nitrogen and oxygen atoms in total. The summed E-state index contributed by atoms with van der Waals surface area (Å²) in [5.41, 5.74) is 9.53. The summed E-state index contributed by atoms with van der Waals surface area (Å²) in [6, 6.07) is 10.8. The molecule has 5 rings (SSSR count). The average Bonchev–Trinajstić information content (AvgIpc) is 3.31. The van der Waals surface area contributed by atoms with E-state index >= 15 is 0 Å². The van der Waals surface area contributed by atoms with Crippen LogP contribution in [0.4, 0.5) is 11.4 Å². The van der Waals surface area contributed by atoms with Gasteiger partial charge in [-0.05, 0) is 30.3 Å². The van der Waals surface area contributed by atoms with Gasteiger partial charge < -0.3 is 25.8 Å². The number of hydrogen-bond donors (Lipinski definition) is 3. The summed E-state index contributed by atoms with van der Waals surface area (Å²) in [5, 5.41) is 13.2. The number of nitrogens with two attached hydrogens (primary N) is 1. The Bertz CT molecular complexity index is 1350. The van der Waals surface area contributed by atoms with Crippen molar-refractivity contribution in [2.24, 2.45) is 11.7 Å². The second-order valence-electron chi connectivity index (χ2n) is 8.66. The number of nitrogens with zero attached hydrogens (tertiary/aromatic N) is 4. The molecule has 0 spiro atoms. The highest BCUT2D eigenvalue weighted by atomic mass is 32.1. The van der Waals surface area contributed by atoms with E-state index in [1.807, 2.05) is 37.3 Å². The van der Waals surface area contributed by atoms with Gasteiger partial charge in [0.15, 0.2) is 0 Å². The zero-order chi connectivity index (χ0) is 24.5. The number of piperidine rings is 1. The van der Waals surface area contributed by atoms with E-state index in [1.165, 1.54) is 0 Å². The molecular formula is C25H26N6O3S. The molecule has 0 aliphatic carbocycles. The highest BCUT2D eigenvalue weighted by Crippen LogP contribution is 2.33. The Kier molecular flexibility index (Phi) is 6.33. The molecule has 0 radical (unpaired) electrons. The van der Waals surface area contributed by atoms with Gasteiger partial charge in [0.25, 0.3) is 5.91 Å². The van der Waals surface area contributed by atoms with Crippen molar-refractivity contribution >= 4 is 38.8 Å². The molecule has 4 N–H and O–H groups in total. The third-order valence-electron chi connectivity index (χ3n) is 6.18. The lowest BCUT2D eigenvalue weighted by Crippen LogP contribution is -2.55. The second-order valence-corrected chi connectivity index (χ2v) is 9.75. The maximum absolute atomic E-state index is 13.1. The van der Waals surface area contributed by atoms with E-state index in [2.05, 4.69) is 25.2 Å². The number of amides is 1. The molecule has 4 aromatic rings. The number of methoxy groups -OCH3 is 1. The SMILES string of the molecule is COc1ccc(-c2cc3nc(C(=O)Nc4cnccc4N4CC(C)C(O)C(N)C4)ccc3s2)cn1. The molecule has 1 aliphatic heterocycles. The van der Waals surface area contributed by atoms with E-state index in [4.69, 9.17) is 10.5 Å². The molecule has 5 heterocycles. The molecule has 3 unspecified atom stereocenters. The van der Waals surface area contributed by atoms with E-state index in [0.717, 1.165) is 26.3 Å². The second kappa shape index (κ2) is 9.57. The minimum atomic E-state index is -0.550. The Labute approximate surface area is 206 Å². The molecule has 1 amide bonds. The predicted molar refractivity (Wildman–Crippen MR) is 137 cm³/mol. The predicted octanol–water partition coefficient (Wildman–Crippen LogP) is 3.16. The number of hydrogen-bond acceptors (Lipinski definition) is 9. The average molecular weight is 491 g/mol. The van der Waals surface area contributed by atoms with Gasteiger partial charge in [0, 0.05) is 53.9 Å². The van der Waals surface area contributed by atoms with Crippen LogP contribution in [0.1, 0.15) is 17.4 Å². The molecule has 1 fully saturated rings. The fraction of sp³-hybridized carbons (Fsp3) is 0.280. The molecule has 0 aromatic carbocycles. The van der Waals surface area contributed by atoms with Gasteiger partial charge in [-0.1, -0.05) is 6.92 Å². The number of pyridine rings is 3. The Balaban J connectivity index is 1.37. The first kappa shape index (κ1) is 23.2. The lowest BCUT2D eigenvalue weighted by Gasteiger charge is -2.40. The van der Waals surface area contributed by atoms with E-state index in [0.29, 0.717) is 30.4 Å². The van der Waals surface area contributed by atoms with Gasteiger partial charge in [-0.25, -0.2) is 9.97 Å². The minimum Gasteiger partial charge on any atom is -0.481 e. The topological polar surface area (TPSA) is 126 Å². The first-order valence-corrected chi connectivity index (χ1v) is 12.1. The molecule has 10 heteroatoms. The Morgan fingerprint density at radius 3 is 2.83 bits per heavy atom. The van der Waals surface area contributed by atoms with Gasteiger partial charge in [0.2, 0.25) is 5.88 Å². The van der Waals surface area contributed by atoms with Crippen LogP contribution in [0.2, 0.25) is 0 Å². The van der Waals surface area contributed by atoms with Crippen molar-refractivity contribution in [3.05, 3.63) is 60.7 Å². The summed E-state index contributed by atoms with van der Waals surface area (Å²) in [5.74, 6) is 0.238. The van der Waals surface area contributed by atoms with E-state index in [-0.39, 0.29) is 17.9 Å². The summed E-state index contributed by atoms with van der Waals surface area (Å²) in [4.78, 5) is 29.2. The number of aliphatic hydroxyl groups excluding tert-OH is 1. The van der Waals surface area contributed by atoms with Crippen molar-refractivity contribution in [3.63, 3.8) is 0 Å². The molecule has 3 atom stereocenters. The number of ether oxygens (including phenoxy) is 1. The summed E-state index contributed by atoms with van der Waals surface area (Å²) in [7, 11) is 1.58. The summed E-state index contributed by atoms with van der Waals surface area (Å²) >= 11 is 1.59. The number of rotatable bonds is 5. The van der Waals surface area contributed by atoms with Crippen LogP contribution in [0.5, 0.6) is 5.88 Å². The third kappa shape index (κ3) is 4.68. The summed E-state index contributed by atoms with van der Waals surface area (Å²) in [6.07, 6.45) is 4.50. The molecule has 1 saturated heterocycles.